The van der Waals surface area contributed by atoms with Crippen LogP contribution >= 0.6 is 0 Å². The van der Waals surface area contributed by atoms with E-state index in [0.29, 0.717) is 36.7 Å². The highest BCUT2D eigenvalue weighted by atomic mass is 16.2. The summed E-state index contributed by atoms with van der Waals surface area (Å²) in [5, 5.41) is 8.22. The quantitative estimate of drug-likeness (QED) is 0.524. The molecule has 1 atom stereocenters. The molecular weight excluding hydrogens is 416 g/mol. The Hall–Kier alpha value is -3.81. The van der Waals surface area contributed by atoms with Gasteiger partial charge in [-0.2, -0.15) is 0 Å². The number of carbonyl (C=O) groups is 1. The Morgan fingerprint density at radius 2 is 1.76 bits per heavy atom. The van der Waals surface area contributed by atoms with E-state index in [-0.39, 0.29) is 22.9 Å². The Labute approximate surface area is 191 Å². The van der Waals surface area contributed by atoms with E-state index in [1.54, 1.807) is 4.68 Å². The monoisotopic (exact) mass is 442 g/mol. The van der Waals surface area contributed by atoms with Crippen molar-refractivity contribution in [2.24, 2.45) is 0 Å². The van der Waals surface area contributed by atoms with Crippen LogP contribution in [0.15, 0.2) is 53.3 Å². The molecule has 2 aromatic heterocycles. The molecule has 0 radical (unpaired) electrons. The average Bonchev–Trinajstić information content (AvgIpc) is 3.24. The minimum atomic E-state index is -0.299. The summed E-state index contributed by atoms with van der Waals surface area (Å²) in [5.41, 5.74) is 4.44. The molecule has 1 saturated heterocycles. The van der Waals surface area contributed by atoms with Crippen molar-refractivity contribution in [2.75, 3.05) is 13.1 Å². The molecule has 0 spiro atoms. The van der Waals surface area contributed by atoms with Crippen molar-refractivity contribution in [3.63, 3.8) is 0 Å². The maximum atomic E-state index is 13.0. The number of H-pyrrole nitrogens is 1. The lowest BCUT2D eigenvalue weighted by molar-refractivity contribution is 0.0704. The minimum Gasteiger partial charge on any atom is -0.338 e. The molecule has 1 N–H and O–H groups in total. The van der Waals surface area contributed by atoms with E-state index in [9.17, 15) is 9.59 Å². The Morgan fingerprint density at radius 3 is 2.48 bits per heavy atom. The molecule has 1 aliphatic rings. The summed E-state index contributed by atoms with van der Waals surface area (Å²) < 4.78 is 1.66. The highest BCUT2D eigenvalue weighted by Gasteiger charge is 2.28. The van der Waals surface area contributed by atoms with Gasteiger partial charge in [0, 0.05) is 24.6 Å². The largest absolute Gasteiger partial charge is 0.338 e. The van der Waals surface area contributed by atoms with Crippen molar-refractivity contribution in [2.45, 2.75) is 39.2 Å². The van der Waals surface area contributed by atoms with Crippen LogP contribution in [0.3, 0.4) is 0 Å². The lowest BCUT2D eigenvalue weighted by Crippen LogP contribution is -2.40. The number of likely N-dealkylation sites (tertiary alicyclic amines) is 1. The molecule has 4 aromatic rings. The van der Waals surface area contributed by atoms with Crippen molar-refractivity contribution in [1.82, 2.24) is 29.9 Å². The van der Waals surface area contributed by atoms with Gasteiger partial charge in [-0.3, -0.25) is 9.59 Å². The predicted molar refractivity (Wildman–Crippen MR) is 125 cm³/mol. The zero-order valence-electron chi connectivity index (χ0n) is 18.8. The predicted octanol–water partition coefficient (Wildman–Crippen LogP) is 3.20. The van der Waals surface area contributed by atoms with Crippen LogP contribution in [-0.4, -0.2) is 48.9 Å². The Balaban J connectivity index is 1.41. The van der Waals surface area contributed by atoms with Gasteiger partial charge in [0.1, 0.15) is 5.82 Å². The van der Waals surface area contributed by atoms with E-state index in [0.717, 1.165) is 24.0 Å². The van der Waals surface area contributed by atoms with Crippen LogP contribution in [0.25, 0.3) is 11.2 Å². The number of aromatic amines is 1. The fourth-order valence-electron chi connectivity index (χ4n) is 4.31. The molecule has 0 aliphatic carbocycles. The zero-order chi connectivity index (χ0) is 22.9. The van der Waals surface area contributed by atoms with Gasteiger partial charge in [0.05, 0.1) is 6.54 Å². The number of piperidine rings is 1. The fraction of sp³-hybridized carbons (Fsp3) is 0.320. The topological polar surface area (TPSA) is 96.8 Å². The molecule has 33 heavy (non-hydrogen) atoms. The Kier molecular flexibility index (Phi) is 5.50. The van der Waals surface area contributed by atoms with Crippen LogP contribution < -0.4 is 5.56 Å². The molecule has 1 amide bonds. The molecule has 8 nitrogen and oxygen atoms in total. The first kappa shape index (κ1) is 21.1. The molecule has 0 saturated carbocycles. The smallest absolute Gasteiger partial charge is 0.281 e. The molecule has 3 heterocycles. The summed E-state index contributed by atoms with van der Waals surface area (Å²) in [7, 11) is 0. The number of nitrogens with one attached hydrogen (secondary N) is 1. The third-order valence-electron chi connectivity index (χ3n) is 6.24. The van der Waals surface area contributed by atoms with Crippen LogP contribution in [0.1, 0.15) is 51.6 Å². The summed E-state index contributed by atoms with van der Waals surface area (Å²) in [4.78, 5) is 35.2. The molecule has 5 rings (SSSR count). The summed E-state index contributed by atoms with van der Waals surface area (Å²) in [6.45, 7) is 5.74. The standard InChI is InChI=1S/C25H26N6O2/c1-16-5-9-18(10-6-16)14-31-23-21(28-29-31)24(32)27-22(26-23)20-4-3-13-30(15-20)25(33)19-11-7-17(2)8-12-19/h5-12,20H,3-4,13-15H2,1-2H3,(H,26,27,32)/t20-/m1/s1. The van der Waals surface area contributed by atoms with Crippen molar-refractivity contribution >= 4 is 17.1 Å². The van der Waals surface area contributed by atoms with Gasteiger partial charge in [-0.15, -0.1) is 5.10 Å². The lowest BCUT2D eigenvalue weighted by Gasteiger charge is -2.32. The number of rotatable bonds is 4. The zero-order valence-corrected chi connectivity index (χ0v) is 18.8. The number of benzene rings is 2. The first-order chi connectivity index (χ1) is 16.0. The number of hydrogen-bond donors (Lipinski definition) is 1. The molecule has 1 fully saturated rings. The van der Waals surface area contributed by atoms with E-state index < -0.39 is 0 Å². The highest BCUT2D eigenvalue weighted by Crippen LogP contribution is 2.26. The van der Waals surface area contributed by atoms with Crippen LogP contribution in [-0.2, 0) is 6.54 Å². The normalized spacial score (nSPS) is 16.3. The van der Waals surface area contributed by atoms with Gasteiger partial charge in [-0.25, -0.2) is 9.67 Å². The fourth-order valence-corrected chi connectivity index (χ4v) is 4.31. The van der Waals surface area contributed by atoms with Crippen molar-refractivity contribution in [1.29, 1.82) is 0 Å². The summed E-state index contributed by atoms with van der Waals surface area (Å²) in [5.74, 6) is 0.545. The second-order valence-electron chi connectivity index (χ2n) is 8.81. The summed E-state index contributed by atoms with van der Waals surface area (Å²) in [6.07, 6.45) is 1.70. The number of hydrogen-bond acceptors (Lipinski definition) is 5. The summed E-state index contributed by atoms with van der Waals surface area (Å²) in [6, 6.07) is 15.8. The van der Waals surface area contributed by atoms with Gasteiger partial charge < -0.3 is 9.88 Å². The van der Waals surface area contributed by atoms with Crippen LogP contribution in [0, 0.1) is 13.8 Å². The third-order valence-corrected chi connectivity index (χ3v) is 6.24. The molecule has 1 aliphatic heterocycles. The Morgan fingerprint density at radius 1 is 1.06 bits per heavy atom. The Bertz CT molecular complexity index is 1350. The second-order valence-corrected chi connectivity index (χ2v) is 8.81. The lowest BCUT2D eigenvalue weighted by atomic mass is 9.96. The number of aromatic nitrogens is 5. The molecule has 2 aromatic carbocycles. The van der Waals surface area contributed by atoms with Gasteiger partial charge in [0.2, 0.25) is 0 Å². The van der Waals surface area contributed by atoms with Gasteiger partial charge in [-0.05, 0) is 44.4 Å². The van der Waals surface area contributed by atoms with E-state index in [2.05, 4.69) is 15.3 Å². The number of nitrogens with zero attached hydrogens (tertiary/aromatic N) is 5. The van der Waals surface area contributed by atoms with Crippen molar-refractivity contribution in [3.8, 4) is 0 Å². The molecular formula is C25H26N6O2. The van der Waals surface area contributed by atoms with E-state index in [1.165, 1.54) is 5.56 Å². The average molecular weight is 443 g/mol. The van der Waals surface area contributed by atoms with Crippen LogP contribution in [0.2, 0.25) is 0 Å². The molecule has 8 heteroatoms. The van der Waals surface area contributed by atoms with Crippen LogP contribution in [0.5, 0.6) is 0 Å². The van der Waals surface area contributed by atoms with E-state index in [1.807, 2.05) is 67.3 Å². The molecule has 0 unspecified atom stereocenters. The van der Waals surface area contributed by atoms with Gasteiger partial charge in [-0.1, -0.05) is 52.7 Å². The maximum Gasteiger partial charge on any atom is 0.281 e. The molecule has 168 valence electrons. The van der Waals surface area contributed by atoms with E-state index in [4.69, 9.17) is 4.98 Å². The number of fused-ring (bicyclic) bond motifs is 1. The number of amides is 1. The SMILES string of the molecule is Cc1ccc(Cn2nnc3c(=O)[nH]c([C@@H]4CCCN(C(=O)c5ccc(C)cc5)C4)nc32)cc1. The maximum absolute atomic E-state index is 13.0. The van der Waals surface area contributed by atoms with Crippen molar-refractivity contribution in [3.05, 3.63) is 87.0 Å². The van der Waals surface area contributed by atoms with Gasteiger partial charge in [0.15, 0.2) is 11.2 Å². The van der Waals surface area contributed by atoms with Gasteiger partial charge >= 0.3 is 0 Å². The minimum absolute atomic E-state index is 0.00852. The third kappa shape index (κ3) is 4.28. The second kappa shape index (κ2) is 8.61. The highest BCUT2D eigenvalue weighted by molar-refractivity contribution is 5.94. The first-order valence-corrected chi connectivity index (χ1v) is 11.2. The number of carbonyl (C=O) groups excluding carboxylic acids is 1. The summed E-state index contributed by atoms with van der Waals surface area (Å²) >= 11 is 0. The number of aryl methyl sites for hydroxylation is 2. The first-order valence-electron chi connectivity index (χ1n) is 11.2. The van der Waals surface area contributed by atoms with E-state index >= 15 is 0 Å². The van der Waals surface area contributed by atoms with Gasteiger partial charge in [0.25, 0.3) is 11.5 Å². The van der Waals surface area contributed by atoms with Crippen molar-refractivity contribution < 1.29 is 4.79 Å². The molecule has 0 bridgehead atoms. The van der Waals surface area contributed by atoms with Crippen LogP contribution in [0.4, 0.5) is 0 Å².